The van der Waals surface area contributed by atoms with Gasteiger partial charge in [-0.25, -0.2) is 9.37 Å². The van der Waals surface area contributed by atoms with Crippen molar-refractivity contribution in [1.29, 1.82) is 0 Å². The predicted octanol–water partition coefficient (Wildman–Crippen LogP) is 2.64. The van der Waals surface area contributed by atoms with Crippen molar-refractivity contribution in [3.8, 4) is 11.3 Å². The van der Waals surface area contributed by atoms with E-state index in [-0.39, 0.29) is 5.82 Å². The molecule has 0 fully saturated rings. The van der Waals surface area contributed by atoms with Crippen LogP contribution in [-0.2, 0) is 13.0 Å². The van der Waals surface area contributed by atoms with E-state index in [4.69, 9.17) is 5.73 Å². The first-order valence-corrected chi connectivity index (χ1v) is 8.16. The molecule has 4 aromatic rings. The molecule has 5 N–H and O–H groups in total. The van der Waals surface area contributed by atoms with Crippen LogP contribution in [0.4, 0.5) is 16.2 Å². The topological polar surface area (TPSA) is 121 Å². The number of hydrogen-bond acceptors (Lipinski definition) is 6. The number of anilines is 2. The van der Waals surface area contributed by atoms with Crippen molar-refractivity contribution in [1.82, 2.24) is 30.4 Å². The highest BCUT2D eigenvalue weighted by molar-refractivity contribution is 5.82. The Labute approximate surface area is 148 Å². The summed E-state index contributed by atoms with van der Waals surface area (Å²) in [6, 6.07) is 4.78. The fourth-order valence-corrected chi connectivity index (χ4v) is 2.76. The van der Waals surface area contributed by atoms with E-state index in [9.17, 15) is 4.39 Å². The summed E-state index contributed by atoms with van der Waals surface area (Å²) in [5.74, 6) is 0.349. The Kier molecular flexibility index (Phi) is 3.96. The molecule has 3 aromatic heterocycles. The highest BCUT2D eigenvalue weighted by Crippen LogP contribution is 2.24. The molecule has 8 nitrogen and oxygen atoms in total. The van der Waals surface area contributed by atoms with E-state index in [1.807, 2.05) is 13.0 Å². The van der Waals surface area contributed by atoms with Gasteiger partial charge < -0.3 is 11.1 Å². The van der Waals surface area contributed by atoms with E-state index in [0.29, 0.717) is 35.1 Å². The van der Waals surface area contributed by atoms with Crippen LogP contribution in [0.1, 0.15) is 18.2 Å². The minimum absolute atomic E-state index is 0.323. The monoisotopic (exact) mass is 352 g/mol. The molecule has 0 aliphatic rings. The molecular weight excluding hydrogens is 335 g/mol. The number of halogens is 1. The van der Waals surface area contributed by atoms with Crippen LogP contribution in [0.5, 0.6) is 0 Å². The van der Waals surface area contributed by atoms with Gasteiger partial charge in [-0.15, -0.1) is 0 Å². The minimum atomic E-state index is -0.334. The lowest BCUT2D eigenvalue weighted by molar-refractivity contribution is 0.627. The number of H-pyrrole nitrogens is 2. The van der Waals surface area contributed by atoms with Crippen molar-refractivity contribution in [3.63, 3.8) is 0 Å². The van der Waals surface area contributed by atoms with Crippen LogP contribution in [0.3, 0.4) is 0 Å². The summed E-state index contributed by atoms with van der Waals surface area (Å²) in [5, 5.41) is 17.8. The Morgan fingerprint density at radius 2 is 2.08 bits per heavy atom. The Balaban J connectivity index is 1.55. The molecule has 9 heteroatoms. The van der Waals surface area contributed by atoms with E-state index < -0.39 is 0 Å². The predicted molar refractivity (Wildman–Crippen MR) is 96.8 cm³/mol. The summed E-state index contributed by atoms with van der Waals surface area (Å²) < 4.78 is 13.7. The SMILES string of the molecule is CCc1cc(-c2cnc(NCc3cc(F)cc4[nH]ncc34)nc2N)n[nH]1. The van der Waals surface area contributed by atoms with Crippen LogP contribution in [-0.4, -0.2) is 30.4 Å². The first-order chi connectivity index (χ1) is 12.6. The van der Waals surface area contributed by atoms with Gasteiger partial charge in [0.25, 0.3) is 0 Å². The number of aryl methyl sites for hydroxylation is 1. The molecule has 0 aliphatic heterocycles. The van der Waals surface area contributed by atoms with Gasteiger partial charge in [-0.1, -0.05) is 6.92 Å². The molecule has 4 rings (SSSR count). The second-order valence-corrected chi connectivity index (χ2v) is 5.87. The van der Waals surface area contributed by atoms with Gasteiger partial charge in [-0.3, -0.25) is 10.2 Å². The van der Waals surface area contributed by atoms with Crippen molar-refractivity contribution < 1.29 is 4.39 Å². The molecule has 0 saturated carbocycles. The van der Waals surface area contributed by atoms with Crippen LogP contribution in [0.15, 0.2) is 30.6 Å². The van der Waals surface area contributed by atoms with Crippen LogP contribution >= 0.6 is 0 Å². The summed E-state index contributed by atoms with van der Waals surface area (Å²) >= 11 is 0. The standard InChI is InChI=1S/C17H17FN8/c1-2-11-5-15(26-24-11)13-7-21-17(23-16(13)19)20-6-9-3-10(18)4-14-12(9)8-22-25-14/h3-5,7-8H,2,6H2,1H3,(H,22,25)(H,24,26)(H3,19,20,21,23). The van der Waals surface area contributed by atoms with Gasteiger partial charge in [0.2, 0.25) is 5.95 Å². The van der Waals surface area contributed by atoms with Crippen molar-refractivity contribution in [2.75, 3.05) is 11.1 Å². The second-order valence-electron chi connectivity index (χ2n) is 5.87. The summed E-state index contributed by atoms with van der Waals surface area (Å²) in [6.07, 6.45) is 4.13. The number of aromatic amines is 2. The lowest BCUT2D eigenvalue weighted by Crippen LogP contribution is -2.06. The molecular formula is C17H17FN8. The van der Waals surface area contributed by atoms with Gasteiger partial charge in [-0.05, 0) is 30.2 Å². The number of nitrogen functional groups attached to an aromatic ring is 1. The van der Waals surface area contributed by atoms with Gasteiger partial charge in [0.15, 0.2) is 0 Å². The Morgan fingerprint density at radius 3 is 2.85 bits per heavy atom. The lowest BCUT2D eigenvalue weighted by Gasteiger charge is -2.08. The van der Waals surface area contributed by atoms with Crippen LogP contribution in [0, 0.1) is 5.82 Å². The number of rotatable bonds is 5. The summed E-state index contributed by atoms with van der Waals surface area (Å²) in [7, 11) is 0. The van der Waals surface area contributed by atoms with Gasteiger partial charge in [0.05, 0.1) is 23.0 Å². The molecule has 0 aliphatic carbocycles. The smallest absolute Gasteiger partial charge is 0.224 e. The Hall–Kier alpha value is -3.49. The molecule has 0 saturated heterocycles. The van der Waals surface area contributed by atoms with Gasteiger partial charge in [0.1, 0.15) is 11.6 Å². The number of nitrogens with two attached hydrogens (primary N) is 1. The fourth-order valence-electron chi connectivity index (χ4n) is 2.76. The molecule has 0 bridgehead atoms. The van der Waals surface area contributed by atoms with E-state index in [0.717, 1.165) is 23.1 Å². The first kappa shape index (κ1) is 16.0. The Morgan fingerprint density at radius 1 is 1.19 bits per heavy atom. The quantitative estimate of drug-likeness (QED) is 0.438. The molecule has 0 spiro atoms. The van der Waals surface area contributed by atoms with Gasteiger partial charge in [0, 0.05) is 23.8 Å². The van der Waals surface area contributed by atoms with E-state index in [1.54, 1.807) is 12.4 Å². The maximum absolute atomic E-state index is 13.7. The zero-order valence-corrected chi connectivity index (χ0v) is 14.0. The average molecular weight is 352 g/mol. The number of benzene rings is 1. The Bertz CT molecular complexity index is 1070. The molecule has 0 atom stereocenters. The molecule has 3 heterocycles. The van der Waals surface area contributed by atoms with E-state index in [1.165, 1.54) is 12.1 Å². The van der Waals surface area contributed by atoms with E-state index in [2.05, 4.69) is 35.7 Å². The highest BCUT2D eigenvalue weighted by atomic mass is 19.1. The molecule has 1 aromatic carbocycles. The van der Waals surface area contributed by atoms with Crippen LogP contribution in [0.2, 0.25) is 0 Å². The van der Waals surface area contributed by atoms with Crippen molar-refractivity contribution >= 4 is 22.7 Å². The summed E-state index contributed by atoms with van der Waals surface area (Å²) in [4.78, 5) is 8.56. The lowest BCUT2D eigenvalue weighted by atomic mass is 10.1. The van der Waals surface area contributed by atoms with Crippen molar-refractivity contribution in [2.45, 2.75) is 19.9 Å². The fraction of sp³-hybridized carbons (Fsp3) is 0.176. The van der Waals surface area contributed by atoms with Crippen LogP contribution < -0.4 is 11.1 Å². The van der Waals surface area contributed by atoms with Gasteiger partial charge in [-0.2, -0.15) is 15.2 Å². The molecule has 0 unspecified atom stereocenters. The highest BCUT2D eigenvalue weighted by Gasteiger charge is 2.11. The largest absolute Gasteiger partial charge is 0.383 e. The molecule has 0 radical (unpaired) electrons. The first-order valence-electron chi connectivity index (χ1n) is 8.16. The third-order valence-electron chi connectivity index (χ3n) is 4.15. The third-order valence-corrected chi connectivity index (χ3v) is 4.15. The molecule has 0 amide bonds. The van der Waals surface area contributed by atoms with E-state index >= 15 is 0 Å². The minimum Gasteiger partial charge on any atom is -0.383 e. The van der Waals surface area contributed by atoms with Crippen molar-refractivity contribution in [3.05, 3.63) is 47.7 Å². The molecule has 26 heavy (non-hydrogen) atoms. The number of nitrogens with one attached hydrogen (secondary N) is 3. The van der Waals surface area contributed by atoms with Gasteiger partial charge >= 0.3 is 0 Å². The normalized spacial score (nSPS) is 11.2. The number of hydrogen-bond donors (Lipinski definition) is 4. The number of fused-ring (bicyclic) bond motifs is 1. The summed E-state index contributed by atoms with van der Waals surface area (Å²) in [5.41, 5.74) is 9.82. The van der Waals surface area contributed by atoms with Crippen molar-refractivity contribution in [2.24, 2.45) is 0 Å². The second kappa shape index (κ2) is 6.43. The maximum Gasteiger partial charge on any atom is 0.224 e. The zero-order chi connectivity index (χ0) is 18.1. The maximum atomic E-state index is 13.7. The zero-order valence-electron chi connectivity index (χ0n) is 14.0. The number of nitrogens with zero attached hydrogens (tertiary/aromatic N) is 4. The van der Waals surface area contributed by atoms with Crippen LogP contribution in [0.25, 0.3) is 22.2 Å². The average Bonchev–Trinajstić information content (AvgIpc) is 3.28. The molecule has 132 valence electrons. The summed E-state index contributed by atoms with van der Waals surface area (Å²) in [6.45, 7) is 2.38. The third kappa shape index (κ3) is 2.94. The number of aromatic nitrogens is 6.